The summed E-state index contributed by atoms with van der Waals surface area (Å²) in [5.41, 5.74) is 0. The van der Waals surface area contributed by atoms with Crippen LogP contribution in [0.25, 0.3) is 0 Å². The van der Waals surface area contributed by atoms with E-state index < -0.39 is 35.8 Å². The molecule has 26 heavy (non-hydrogen) atoms. The Bertz CT molecular complexity index is 525. The predicted octanol–water partition coefficient (Wildman–Crippen LogP) is 1.15. The molecule has 148 valence electrons. The number of rotatable bonds is 4. The van der Waals surface area contributed by atoms with Gasteiger partial charge in [-0.25, -0.2) is 0 Å². The first-order chi connectivity index (χ1) is 11.9. The van der Waals surface area contributed by atoms with Gasteiger partial charge in [0.15, 0.2) is 0 Å². The fourth-order valence-electron chi connectivity index (χ4n) is 1.38. The normalized spacial score (nSPS) is 16.5. The second-order valence-electron chi connectivity index (χ2n) is 5.49. The lowest BCUT2D eigenvalue weighted by molar-refractivity contribution is -0.167. The Labute approximate surface area is 150 Å². The fraction of sp³-hybridized carbons (Fsp3) is 0.625. The highest BCUT2D eigenvalue weighted by molar-refractivity contribution is 5.89. The number of carbonyl (C=O) groups is 6. The second-order valence-corrected chi connectivity index (χ2v) is 5.49. The first kappa shape index (κ1) is 25.5. The van der Waals surface area contributed by atoms with Gasteiger partial charge < -0.3 is 19.7 Å². The SMILES string of the molecule is CC(=O)OC(C)=O.CC(CCC(=O)O)C(=O)O.CC1CCC(=O)OC1=O. The molecule has 2 unspecified atom stereocenters. The molecule has 2 atom stereocenters. The summed E-state index contributed by atoms with van der Waals surface area (Å²) in [5.74, 6) is -4.45. The maximum absolute atomic E-state index is 10.6. The van der Waals surface area contributed by atoms with Gasteiger partial charge in [0.2, 0.25) is 0 Å². The first-order valence-electron chi connectivity index (χ1n) is 7.74. The Hall–Kier alpha value is -2.78. The van der Waals surface area contributed by atoms with Crippen molar-refractivity contribution in [2.45, 2.75) is 53.4 Å². The molecule has 0 amide bonds. The van der Waals surface area contributed by atoms with Gasteiger partial charge in [-0.2, -0.15) is 0 Å². The lowest BCUT2D eigenvalue weighted by Crippen LogP contribution is -2.25. The van der Waals surface area contributed by atoms with Crippen LogP contribution in [0.2, 0.25) is 0 Å². The maximum atomic E-state index is 10.6. The van der Waals surface area contributed by atoms with Gasteiger partial charge in [0.05, 0.1) is 11.8 Å². The Balaban J connectivity index is 0. The van der Waals surface area contributed by atoms with Crippen LogP contribution >= 0.6 is 0 Å². The van der Waals surface area contributed by atoms with Crippen LogP contribution in [0.5, 0.6) is 0 Å². The number of hydrogen-bond donors (Lipinski definition) is 2. The van der Waals surface area contributed by atoms with Crippen LogP contribution in [0.4, 0.5) is 0 Å². The van der Waals surface area contributed by atoms with Crippen molar-refractivity contribution < 1.29 is 48.5 Å². The molecule has 0 aromatic rings. The molecule has 2 N–H and O–H groups in total. The molecule has 0 saturated carbocycles. The van der Waals surface area contributed by atoms with E-state index >= 15 is 0 Å². The monoisotopic (exact) mass is 376 g/mol. The van der Waals surface area contributed by atoms with Gasteiger partial charge in [-0.1, -0.05) is 13.8 Å². The number of ether oxygens (including phenoxy) is 2. The first-order valence-corrected chi connectivity index (χ1v) is 7.74. The zero-order valence-electron chi connectivity index (χ0n) is 15.1. The van der Waals surface area contributed by atoms with E-state index in [9.17, 15) is 28.8 Å². The standard InChI is InChI=1S/C6H10O4.C6H8O3.C4H6O3/c1-4(6(9)10)2-3-5(7)8;1-4-2-3-5(7)9-6(4)8;1-3(5)7-4(2)6/h4H,2-3H2,1H3,(H,7,8)(H,9,10);4H,2-3H2,1H3;1-2H3. The molecular formula is C16H24O10. The van der Waals surface area contributed by atoms with Crippen LogP contribution in [0, 0.1) is 11.8 Å². The number of carboxylic acid groups (broad SMARTS) is 2. The summed E-state index contributed by atoms with van der Waals surface area (Å²) in [6.45, 7) is 5.61. The molecule has 0 bridgehead atoms. The summed E-state index contributed by atoms with van der Waals surface area (Å²) >= 11 is 0. The number of carboxylic acids is 2. The number of hydrogen-bond acceptors (Lipinski definition) is 8. The Morgan fingerprint density at radius 3 is 1.92 bits per heavy atom. The van der Waals surface area contributed by atoms with Crippen molar-refractivity contribution in [1.29, 1.82) is 0 Å². The molecule has 0 spiro atoms. The van der Waals surface area contributed by atoms with Crippen molar-refractivity contribution in [3.63, 3.8) is 0 Å². The molecule has 0 radical (unpaired) electrons. The third-order valence-electron chi connectivity index (χ3n) is 2.90. The quantitative estimate of drug-likeness (QED) is 0.537. The molecule has 1 saturated heterocycles. The highest BCUT2D eigenvalue weighted by Crippen LogP contribution is 2.14. The fourth-order valence-corrected chi connectivity index (χ4v) is 1.38. The van der Waals surface area contributed by atoms with E-state index in [1.807, 2.05) is 0 Å². The molecule has 0 aliphatic carbocycles. The molecule has 1 rings (SSSR count). The summed E-state index contributed by atoms with van der Waals surface area (Å²) in [6.07, 6.45) is 1.14. The van der Waals surface area contributed by atoms with Crippen molar-refractivity contribution in [3.8, 4) is 0 Å². The van der Waals surface area contributed by atoms with Crippen molar-refractivity contribution in [1.82, 2.24) is 0 Å². The minimum absolute atomic E-state index is 0.0759. The Morgan fingerprint density at radius 2 is 1.65 bits per heavy atom. The molecule has 0 aromatic carbocycles. The average Bonchev–Trinajstić information content (AvgIpc) is 2.48. The number of cyclic esters (lactones) is 2. The minimum atomic E-state index is -0.951. The predicted molar refractivity (Wildman–Crippen MR) is 85.6 cm³/mol. The van der Waals surface area contributed by atoms with Crippen LogP contribution in [-0.2, 0) is 38.2 Å². The smallest absolute Gasteiger partial charge is 0.316 e. The van der Waals surface area contributed by atoms with E-state index in [-0.39, 0.29) is 24.7 Å². The van der Waals surface area contributed by atoms with Gasteiger partial charge >= 0.3 is 35.8 Å². The van der Waals surface area contributed by atoms with Gasteiger partial charge in [-0.15, -0.1) is 0 Å². The van der Waals surface area contributed by atoms with E-state index in [0.717, 1.165) is 0 Å². The number of carbonyl (C=O) groups excluding carboxylic acids is 4. The minimum Gasteiger partial charge on any atom is -0.481 e. The van der Waals surface area contributed by atoms with Crippen molar-refractivity contribution in [2.75, 3.05) is 0 Å². The van der Waals surface area contributed by atoms with Crippen molar-refractivity contribution >= 4 is 35.8 Å². The zero-order chi connectivity index (χ0) is 20.9. The summed E-state index contributed by atoms with van der Waals surface area (Å²) in [4.78, 5) is 60.6. The molecule has 1 fully saturated rings. The van der Waals surface area contributed by atoms with Crippen molar-refractivity contribution in [2.24, 2.45) is 11.8 Å². The molecule has 1 aliphatic rings. The van der Waals surface area contributed by atoms with Crippen molar-refractivity contribution in [3.05, 3.63) is 0 Å². The topological polar surface area (TPSA) is 161 Å². The lowest BCUT2D eigenvalue weighted by Gasteiger charge is -2.14. The van der Waals surface area contributed by atoms with E-state index in [1.165, 1.54) is 20.8 Å². The summed E-state index contributed by atoms with van der Waals surface area (Å²) in [6, 6.07) is 0. The molecule has 1 aliphatic heterocycles. The Kier molecular flexibility index (Phi) is 13.2. The summed E-state index contributed by atoms with van der Waals surface area (Å²) in [7, 11) is 0. The van der Waals surface area contributed by atoms with Gasteiger partial charge in [0.1, 0.15) is 0 Å². The highest BCUT2D eigenvalue weighted by Gasteiger charge is 2.24. The van der Waals surface area contributed by atoms with E-state index in [4.69, 9.17) is 10.2 Å². The van der Waals surface area contributed by atoms with Crippen LogP contribution in [0.3, 0.4) is 0 Å². The largest absolute Gasteiger partial charge is 0.481 e. The zero-order valence-corrected chi connectivity index (χ0v) is 15.1. The molecule has 0 aromatic heterocycles. The van der Waals surface area contributed by atoms with E-state index in [1.54, 1.807) is 6.92 Å². The van der Waals surface area contributed by atoms with E-state index in [0.29, 0.717) is 12.8 Å². The lowest BCUT2D eigenvalue weighted by atomic mass is 10.0. The Morgan fingerprint density at radius 1 is 1.15 bits per heavy atom. The summed E-state index contributed by atoms with van der Waals surface area (Å²) in [5, 5.41) is 16.5. The van der Waals surface area contributed by atoms with Crippen LogP contribution < -0.4 is 0 Å². The molecular weight excluding hydrogens is 352 g/mol. The molecule has 10 nitrogen and oxygen atoms in total. The summed E-state index contributed by atoms with van der Waals surface area (Å²) < 4.78 is 8.29. The van der Waals surface area contributed by atoms with Gasteiger partial charge in [-0.3, -0.25) is 28.8 Å². The van der Waals surface area contributed by atoms with E-state index in [2.05, 4.69) is 9.47 Å². The molecule has 10 heteroatoms. The van der Waals surface area contributed by atoms with Crippen LogP contribution in [0.1, 0.15) is 53.4 Å². The third-order valence-corrected chi connectivity index (χ3v) is 2.90. The van der Waals surface area contributed by atoms with Gasteiger partial charge in [0.25, 0.3) is 0 Å². The third kappa shape index (κ3) is 16.1. The highest BCUT2D eigenvalue weighted by atomic mass is 16.6. The van der Waals surface area contributed by atoms with Gasteiger partial charge in [-0.05, 0) is 12.8 Å². The maximum Gasteiger partial charge on any atom is 0.316 e. The number of esters is 4. The van der Waals surface area contributed by atoms with Crippen LogP contribution in [0.15, 0.2) is 0 Å². The van der Waals surface area contributed by atoms with Gasteiger partial charge in [0, 0.05) is 26.7 Å². The second kappa shape index (κ2) is 13.5. The van der Waals surface area contributed by atoms with Crippen LogP contribution in [-0.4, -0.2) is 46.0 Å². The average molecular weight is 376 g/mol. The molecule has 1 heterocycles. The number of aliphatic carboxylic acids is 2.